The van der Waals surface area contributed by atoms with Gasteiger partial charge in [0.05, 0.1) is 18.3 Å². The lowest BCUT2D eigenvalue weighted by Crippen LogP contribution is -2.17. The van der Waals surface area contributed by atoms with Crippen molar-refractivity contribution in [3.05, 3.63) is 65.9 Å². The van der Waals surface area contributed by atoms with Gasteiger partial charge in [-0.25, -0.2) is 9.37 Å². The lowest BCUT2D eigenvalue weighted by atomic mass is 10.1. The van der Waals surface area contributed by atoms with Gasteiger partial charge in [-0.15, -0.1) is 0 Å². The Morgan fingerprint density at radius 1 is 1.22 bits per heavy atom. The second kappa shape index (κ2) is 8.03. The van der Waals surface area contributed by atoms with Crippen LogP contribution >= 0.6 is 0 Å². The number of hydrogen-bond donors (Lipinski definition) is 2. The molecule has 0 radical (unpaired) electrons. The zero-order valence-corrected chi connectivity index (χ0v) is 15.5. The molecule has 140 valence electrons. The van der Waals surface area contributed by atoms with E-state index in [4.69, 9.17) is 4.42 Å². The molecule has 27 heavy (non-hydrogen) atoms. The minimum absolute atomic E-state index is 0.0352. The third kappa shape index (κ3) is 4.53. The van der Waals surface area contributed by atoms with Crippen LogP contribution in [0, 0.1) is 18.7 Å². The summed E-state index contributed by atoms with van der Waals surface area (Å²) in [6.07, 6.45) is 1.52. The number of anilines is 2. The van der Waals surface area contributed by atoms with E-state index >= 15 is 0 Å². The van der Waals surface area contributed by atoms with Gasteiger partial charge < -0.3 is 15.1 Å². The normalized spacial score (nSPS) is 10.9. The number of oxazole rings is 1. The van der Waals surface area contributed by atoms with Gasteiger partial charge in [-0.05, 0) is 36.8 Å². The van der Waals surface area contributed by atoms with Crippen LogP contribution in [0.3, 0.4) is 0 Å². The summed E-state index contributed by atoms with van der Waals surface area (Å²) in [7, 11) is 0. The molecule has 1 heterocycles. The predicted molar refractivity (Wildman–Crippen MR) is 104 cm³/mol. The van der Waals surface area contributed by atoms with Crippen LogP contribution in [0.5, 0.6) is 0 Å². The van der Waals surface area contributed by atoms with Crippen molar-refractivity contribution in [3.63, 3.8) is 0 Å². The predicted octanol–water partition coefficient (Wildman–Crippen LogP) is 5.00. The summed E-state index contributed by atoms with van der Waals surface area (Å²) in [5.41, 5.74) is 2.99. The van der Waals surface area contributed by atoms with Crippen LogP contribution in [0.25, 0.3) is 11.3 Å². The number of nitrogens with zero attached hydrogens (tertiary/aromatic N) is 1. The number of rotatable bonds is 6. The van der Waals surface area contributed by atoms with E-state index in [0.29, 0.717) is 23.8 Å². The first-order valence-corrected chi connectivity index (χ1v) is 8.79. The maximum absolute atomic E-state index is 13.9. The smallest absolute Gasteiger partial charge is 0.226 e. The molecule has 0 atom stereocenters. The molecular formula is C21H22FN3O2. The summed E-state index contributed by atoms with van der Waals surface area (Å²) < 4.78 is 19.5. The van der Waals surface area contributed by atoms with Crippen molar-refractivity contribution >= 4 is 17.3 Å². The monoisotopic (exact) mass is 367 g/mol. The first-order chi connectivity index (χ1) is 12.9. The molecule has 2 aromatic carbocycles. The minimum Gasteiger partial charge on any atom is -0.439 e. The summed E-state index contributed by atoms with van der Waals surface area (Å²) >= 11 is 0. The number of halogens is 1. The summed E-state index contributed by atoms with van der Waals surface area (Å²) in [4.78, 5) is 16.1. The second-order valence-electron chi connectivity index (χ2n) is 6.63. The largest absolute Gasteiger partial charge is 0.439 e. The average molecular weight is 367 g/mol. The fourth-order valence-electron chi connectivity index (χ4n) is 2.53. The van der Waals surface area contributed by atoms with E-state index in [-0.39, 0.29) is 17.6 Å². The van der Waals surface area contributed by atoms with E-state index in [2.05, 4.69) is 15.6 Å². The quantitative estimate of drug-likeness (QED) is 0.644. The Kier molecular flexibility index (Phi) is 5.54. The van der Waals surface area contributed by atoms with Crippen LogP contribution < -0.4 is 10.6 Å². The SMILES string of the molecule is Cc1ccc(NC(=O)C(C)C)cc1NCc1ncc(-c2ccccc2F)o1. The van der Waals surface area contributed by atoms with Crippen LogP contribution in [0.1, 0.15) is 25.3 Å². The number of aryl methyl sites for hydroxylation is 1. The lowest BCUT2D eigenvalue weighted by molar-refractivity contribution is -0.118. The molecule has 5 nitrogen and oxygen atoms in total. The number of benzene rings is 2. The first-order valence-electron chi connectivity index (χ1n) is 8.79. The topological polar surface area (TPSA) is 67.2 Å². The summed E-state index contributed by atoms with van der Waals surface area (Å²) in [6.45, 7) is 6.00. The first kappa shape index (κ1) is 18.6. The van der Waals surface area contributed by atoms with Gasteiger partial charge in [0.2, 0.25) is 11.8 Å². The Morgan fingerprint density at radius 2 is 2.00 bits per heavy atom. The molecule has 1 amide bonds. The van der Waals surface area contributed by atoms with Crippen molar-refractivity contribution in [2.45, 2.75) is 27.3 Å². The molecule has 3 aromatic rings. The number of hydrogen-bond acceptors (Lipinski definition) is 4. The van der Waals surface area contributed by atoms with E-state index in [0.717, 1.165) is 16.9 Å². The highest BCUT2D eigenvalue weighted by Crippen LogP contribution is 2.25. The van der Waals surface area contributed by atoms with Gasteiger partial charge in [0, 0.05) is 17.3 Å². The molecule has 0 fully saturated rings. The number of aromatic nitrogens is 1. The molecule has 0 aliphatic rings. The van der Waals surface area contributed by atoms with Crippen molar-refractivity contribution in [2.24, 2.45) is 5.92 Å². The third-order valence-electron chi connectivity index (χ3n) is 4.15. The fraction of sp³-hybridized carbons (Fsp3) is 0.238. The van der Waals surface area contributed by atoms with E-state index < -0.39 is 0 Å². The maximum atomic E-state index is 13.9. The summed E-state index contributed by atoms with van der Waals surface area (Å²) in [5.74, 6) is 0.361. The lowest BCUT2D eigenvalue weighted by Gasteiger charge is -2.12. The molecule has 6 heteroatoms. The number of nitrogens with one attached hydrogen (secondary N) is 2. The van der Waals surface area contributed by atoms with Gasteiger partial charge in [-0.3, -0.25) is 4.79 Å². The van der Waals surface area contributed by atoms with Gasteiger partial charge in [-0.1, -0.05) is 32.0 Å². The van der Waals surface area contributed by atoms with Gasteiger partial charge in [0.25, 0.3) is 0 Å². The van der Waals surface area contributed by atoms with Gasteiger partial charge in [0.15, 0.2) is 5.76 Å². The van der Waals surface area contributed by atoms with Crippen molar-refractivity contribution in [1.29, 1.82) is 0 Å². The summed E-state index contributed by atoms with van der Waals surface area (Å²) in [5, 5.41) is 6.13. The van der Waals surface area contributed by atoms with Gasteiger partial charge in [0.1, 0.15) is 5.82 Å². The van der Waals surface area contributed by atoms with Crippen LogP contribution in [0.4, 0.5) is 15.8 Å². The van der Waals surface area contributed by atoms with Crippen molar-refractivity contribution < 1.29 is 13.6 Å². The van der Waals surface area contributed by atoms with E-state index in [1.165, 1.54) is 12.3 Å². The highest BCUT2D eigenvalue weighted by atomic mass is 19.1. The van der Waals surface area contributed by atoms with Crippen molar-refractivity contribution in [1.82, 2.24) is 4.98 Å². The van der Waals surface area contributed by atoms with Gasteiger partial charge in [-0.2, -0.15) is 0 Å². The Labute approximate surface area is 157 Å². The molecule has 0 aliphatic carbocycles. The molecule has 0 aliphatic heterocycles. The van der Waals surface area contributed by atoms with E-state index in [1.807, 2.05) is 39.0 Å². The Hall–Kier alpha value is -3.15. The van der Waals surface area contributed by atoms with E-state index in [1.54, 1.807) is 18.2 Å². The van der Waals surface area contributed by atoms with Crippen LogP contribution in [0.2, 0.25) is 0 Å². The highest BCUT2D eigenvalue weighted by molar-refractivity contribution is 5.92. The molecule has 0 bridgehead atoms. The molecule has 1 aromatic heterocycles. The van der Waals surface area contributed by atoms with Crippen molar-refractivity contribution in [3.8, 4) is 11.3 Å². The molecule has 0 unspecified atom stereocenters. The molecule has 0 saturated heterocycles. The number of amides is 1. The Bertz CT molecular complexity index is 950. The average Bonchev–Trinajstić information content (AvgIpc) is 3.11. The Morgan fingerprint density at radius 3 is 2.74 bits per heavy atom. The van der Waals surface area contributed by atoms with Crippen LogP contribution in [-0.2, 0) is 11.3 Å². The van der Waals surface area contributed by atoms with Crippen molar-refractivity contribution in [2.75, 3.05) is 10.6 Å². The maximum Gasteiger partial charge on any atom is 0.226 e. The molecule has 2 N–H and O–H groups in total. The summed E-state index contributed by atoms with van der Waals surface area (Å²) in [6, 6.07) is 12.1. The van der Waals surface area contributed by atoms with Crippen LogP contribution in [0.15, 0.2) is 53.1 Å². The number of carbonyl (C=O) groups is 1. The minimum atomic E-state index is -0.349. The van der Waals surface area contributed by atoms with E-state index in [9.17, 15) is 9.18 Å². The number of carbonyl (C=O) groups excluding carboxylic acids is 1. The molecular weight excluding hydrogens is 345 g/mol. The second-order valence-corrected chi connectivity index (χ2v) is 6.63. The zero-order valence-electron chi connectivity index (χ0n) is 15.5. The molecule has 0 saturated carbocycles. The van der Waals surface area contributed by atoms with Gasteiger partial charge >= 0.3 is 0 Å². The third-order valence-corrected chi connectivity index (χ3v) is 4.15. The fourth-order valence-corrected chi connectivity index (χ4v) is 2.53. The zero-order chi connectivity index (χ0) is 19.4. The standard InChI is InChI=1S/C21H22FN3O2/c1-13(2)21(26)25-15-9-8-14(3)18(10-15)23-12-20-24-11-19(27-20)16-6-4-5-7-17(16)22/h4-11,13,23H,12H2,1-3H3,(H,25,26). The molecule has 0 spiro atoms. The Balaban J connectivity index is 1.70. The molecule has 3 rings (SSSR count). The van der Waals surface area contributed by atoms with Crippen LogP contribution in [-0.4, -0.2) is 10.9 Å². The highest BCUT2D eigenvalue weighted by Gasteiger charge is 2.11.